The summed E-state index contributed by atoms with van der Waals surface area (Å²) >= 11 is 3.28. The number of para-hydroxylation sites is 1. The highest BCUT2D eigenvalue weighted by molar-refractivity contribution is 9.10. The number of carbonyl (C=O) groups is 1. The summed E-state index contributed by atoms with van der Waals surface area (Å²) in [7, 11) is 0. The number of amides is 1. The van der Waals surface area contributed by atoms with Gasteiger partial charge in [0.2, 0.25) is 0 Å². The molecule has 2 aromatic rings. The molecule has 0 saturated carbocycles. The standard InChI is InChI=1S/C13H9BrN2O2/c14-11-6-4-5-10(9-11)13(17)16(15-18)12-7-2-1-3-8-12/h1-9H. The van der Waals surface area contributed by atoms with Crippen LogP contribution < -0.4 is 5.01 Å². The average molecular weight is 305 g/mol. The van der Waals surface area contributed by atoms with Crippen LogP contribution in [0.2, 0.25) is 0 Å². The number of nitrogens with zero attached hydrogens (tertiary/aromatic N) is 2. The Hall–Kier alpha value is -2.01. The van der Waals surface area contributed by atoms with E-state index in [2.05, 4.69) is 21.2 Å². The SMILES string of the molecule is O=NN(C(=O)c1cccc(Br)c1)c1ccccc1. The number of anilines is 1. The zero-order chi connectivity index (χ0) is 13.0. The number of hydrogen-bond donors (Lipinski definition) is 0. The predicted molar refractivity (Wildman–Crippen MR) is 73.2 cm³/mol. The first-order chi connectivity index (χ1) is 8.72. The van der Waals surface area contributed by atoms with E-state index >= 15 is 0 Å². The Kier molecular flexibility index (Phi) is 3.84. The summed E-state index contributed by atoms with van der Waals surface area (Å²) in [6.07, 6.45) is 0. The van der Waals surface area contributed by atoms with Crippen LogP contribution in [0, 0.1) is 4.91 Å². The zero-order valence-electron chi connectivity index (χ0n) is 9.29. The predicted octanol–water partition coefficient (Wildman–Crippen LogP) is 3.78. The molecule has 0 N–H and O–H groups in total. The number of rotatable bonds is 3. The van der Waals surface area contributed by atoms with Gasteiger partial charge < -0.3 is 0 Å². The van der Waals surface area contributed by atoms with E-state index in [0.29, 0.717) is 11.3 Å². The molecule has 0 aliphatic heterocycles. The maximum absolute atomic E-state index is 12.1. The molecule has 0 bridgehead atoms. The van der Waals surface area contributed by atoms with Crippen molar-refractivity contribution >= 4 is 27.5 Å². The molecule has 2 rings (SSSR count). The van der Waals surface area contributed by atoms with E-state index < -0.39 is 5.91 Å². The molecule has 0 heterocycles. The number of halogens is 1. The molecule has 0 unspecified atom stereocenters. The fourth-order valence-electron chi connectivity index (χ4n) is 1.51. The molecule has 0 aliphatic carbocycles. The number of benzene rings is 2. The van der Waals surface area contributed by atoms with Crippen molar-refractivity contribution in [2.75, 3.05) is 5.01 Å². The Balaban J connectivity index is 2.35. The van der Waals surface area contributed by atoms with Crippen LogP contribution in [-0.4, -0.2) is 5.91 Å². The highest BCUT2D eigenvalue weighted by atomic mass is 79.9. The molecule has 0 aliphatic rings. The monoisotopic (exact) mass is 304 g/mol. The van der Waals surface area contributed by atoms with Crippen molar-refractivity contribution in [3.05, 3.63) is 69.5 Å². The van der Waals surface area contributed by atoms with Crippen LogP contribution in [0.4, 0.5) is 5.69 Å². The van der Waals surface area contributed by atoms with Crippen molar-refractivity contribution < 1.29 is 4.79 Å². The number of nitroso groups, excluding NO2 is 1. The fraction of sp³-hybridized carbons (Fsp3) is 0. The van der Waals surface area contributed by atoms with E-state index in [1.807, 2.05) is 0 Å². The lowest BCUT2D eigenvalue weighted by Gasteiger charge is -2.13. The summed E-state index contributed by atoms with van der Waals surface area (Å²) in [4.78, 5) is 23.0. The van der Waals surface area contributed by atoms with Crippen molar-refractivity contribution in [2.24, 2.45) is 5.29 Å². The average Bonchev–Trinajstić information content (AvgIpc) is 2.41. The van der Waals surface area contributed by atoms with Crippen molar-refractivity contribution in [3.63, 3.8) is 0 Å². The van der Waals surface area contributed by atoms with Crippen LogP contribution in [-0.2, 0) is 0 Å². The van der Waals surface area contributed by atoms with Gasteiger partial charge in [-0.25, -0.2) is 0 Å². The first-order valence-electron chi connectivity index (χ1n) is 5.20. The van der Waals surface area contributed by atoms with Gasteiger partial charge in [-0.3, -0.25) is 4.79 Å². The van der Waals surface area contributed by atoms with Crippen molar-refractivity contribution in [2.45, 2.75) is 0 Å². The molecule has 0 aromatic heterocycles. The number of hydrogen-bond acceptors (Lipinski definition) is 3. The first-order valence-corrected chi connectivity index (χ1v) is 6.00. The summed E-state index contributed by atoms with van der Waals surface area (Å²) in [6, 6.07) is 15.4. The van der Waals surface area contributed by atoms with Crippen LogP contribution in [0.25, 0.3) is 0 Å². The van der Waals surface area contributed by atoms with Crippen LogP contribution in [0.15, 0.2) is 64.4 Å². The van der Waals surface area contributed by atoms with Crippen LogP contribution in [0.1, 0.15) is 10.4 Å². The third-order valence-electron chi connectivity index (χ3n) is 2.35. The molecule has 0 spiro atoms. The maximum Gasteiger partial charge on any atom is 0.281 e. The third-order valence-corrected chi connectivity index (χ3v) is 2.84. The third kappa shape index (κ3) is 2.62. The Labute approximate surface area is 112 Å². The molecule has 0 atom stereocenters. The second kappa shape index (κ2) is 5.55. The van der Waals surface area contributed by atoms with Crippen LogP contribution >= 0.6 is 15.9 Å². The Bertz CT molecular complexity index is 572. The molecule has 0 fully saturated rings. The molecule has 0 radical (unpaired) electrons. The van der Waals surface area contributed by atoms with Gasteiger partial charge in [0, 0.05) is 10.0 Å². The van der Waals surface area contributed by atoms with Gasteiger partial charge in [-0.1, -0.05) is 40.2 Å². The Morgan fingerprint density at radius 3 is 2.39 bits per heavy atom. The highest BCUT2D eigenvalue weighted by Gasteiger charge is 2.18. The summed E-state index contributed by atoms with van der Waals surface area (Å²) in [5, 5.41) is 3.62. The second-order valence-electron chi connectivity index (χ2n) is 3.54. The Morgan fingerprint density at radius 2 is 1.78 bits per heavy atom. The van der Waals surface area contributed by atoms with Gasteiger partial charge in [0.15, 0.2) is 0 Å². The topological polar surface area (TPSA) is 49.7 Å². The van der Waals surface area contributed by atoms with E-state index in [1.54, 1.807) is 54.6 Å². The minimum atomic E-state index is -0.461. The van der Waals surface area contributed by atoms with Gasteiger partial charge in [0.25, 0.3) is 5.91 Å². The lowest BCUT2D eigenvalue weighted by atomic mass is 10.2. The normalized spacial score (nSPS) is 9.83. The summed E-state index contributed by atoms with van der Waals surface area (Å²) in [6.45, 7) is 0. The highest BCUT2D eigenvalue weighted by Crippen LogP contribution is 2.19. The lowest BCUT2D eigenvalue weighted by Crippen LogP contribution is -2.24. The van der Waals surface area contributed by atoms with Gasteiger partial charge in [-0.15, -0.1) is 4.91 Å². The molecule has 5 heteroatoms. The zero-order valence-corrected chi connectivity index (χ0v) is 10.9. The summed E-state index contributed by atoms with van der Waals surface area (Å²) in [5.41, 5.74) is 0.838. The second-order valence-corrected chi connectivity index (χ2v) is 4.46. The van der Waals surface area contributed by atoms with Gasteiger partial charge in [-0.05, 0) is 30.3 Å². The molecule has 4 nitrogen and oxygen atoms in total. The van der Waals surface area contributed by atoms with Crippen LogP contribution in [0.5, 0.6) is 0 Å². The first kappa shape index (κ1) is 12.4. The van der Waals surface area contributed by atoms with Crippen molar-refractivity contribution in [1.29, 1.82) is 0 Å². The minimum Gasteiger partial charge on any atom is -0.267 e. The molecule has 0 saturated heterocycles. The lowest BCUT2D eigenvalue weighted by molar-refractivity contribution is 0.0987. The van der Waals surface area contributed by atoms with E-state index in [-0.39, 0.29) is 0 Å². The number of carbonyl (C=O) groups excluding carboxylic acids is 1. The Morgan fingerprint density at radius 1 is 1.06 bits per heavy atom. The van der Waals surface area contributed by atoms with Gasteiger partial charge >= 0.3 is 0 Å². The van der Waals surface area contributed by atoms with E-state index in [1.165, 1.54) is 0 Å². The maximum atomic E-state index is 12.1. The largest absolute Gasteiger partial charge is 0.281 e. The van der Waals surface area contributed by atoms with Gasteiger partial charge in [0.05, 0.1) is 11.0 Å². The summed E-state index contributed by atoms with van der Waals surface area (Å²) in [5.74, 6) is -0.461. The van der Waals surface area contributed by atoms with Crippen LogP contribution in [0.3, 0.4) is 0 Å². The fourth-order valence-corrected chi connectivity index (χ4v) is 1.91. The summed E-state index contributed by atoms with van der Waals surface area (Å²) < 4.78 is 0.771. The van der Waals surface area contributed by atoms with E-state index in [4.69, 9.17) is 0 Å². The molecular weight excluding hydrogens is 296 g/mol. The molecule has 90 valence electrons. The molecule has 2 aromatic carbocycles. The quantitative estimate of drug-likeness (QED) is 0.640. The molecule has 1 amide bonds. The molecule has 18 heavy (non-hydrogen) atoms. The van der Waals surface area contributed by atoms with Crippen molar-refractivity contribution in [1.82, 2.24) is 0 Å². The minimum absolute atomic E-state index is 0.396. The molecular formula is C13H9BrN2O2. The van der Waals surface area contributed by atoms with E-state index in [9.17, 15) is 9.70 Å². The smallest absolute Gasteiger partial charge is 0.267 e. The van der Waals surface area contributed by atoms with Gasteiger partial charge in [0.1, 0.15) is 0 Å². The van der Waals surface area contributed by atoms with Crippen molar-refractivity contribution in [3.8, 4) is 0 Å². The van der Waals surface area contributed by atoms with E-state index in [0.717, 1.165) is 9.48 Å². The van der Waals surface area contributed by atoms with Gasteiger partial charge in [-0.2, -0.15) is 5.01 Å².